The van der Waals surface area contributed by atoms with Gasteiger partial charge in [0.1, 0.15) is 6.10 Å². The second kappa shape index (κ2) is 7.24. The zero-order valence-corrected chi connectivity index (χ0v) is 15.2. The molecule has 2 nitrogen and oxygen atoms in total. The molecule has 1 heterocycles. The van der Waals surface area contributed by atoms with Crippen LogP contribution in [-0.4, -0.2) is 12.9 Å². The van der Waals surface area contributed by atoms with E-state index >= 15 is 0 Å². The van der Waals surface area contributed by atoms with Gasteiger partial charge in [0, 0.05) is 17.4 Å². The second-order valence-electron chi connectivity index (χ2n) is 6.09. The molecule has 0 aliphatic carbocycles. The lowest BCUT2D eigenvalue weighted by Gasteiger charge is -2.19. The van der Waals surface area contributed by atoms with E-state index in [1.807, 2.05) is 84.9 Å². The van der Waals surface area contributed by atoms with Crippen LogP contribution >= 0.6 is 11.3 Å². The van der Waals surface area contributed by atoms with Crippen molar-refractivity contribution in [1.82, 2.24) is 0 Å². The molecule has 1 unspecified atom stereocenters. The minimum atomic E-state index is -0.272. The summed E-state index contributed by atoms with van der Waals surface area (Å²) in [5, 5.41) is 1.10. The van der Waals surface area contributed by atoms with Crippen molar-refractivity contribution in [1.29, 1.82) is 0 Å². The number of fused-ring (bicyclic) bond motifs is 1. The molecule has 128 valence electrons. The summed E-state index contributed by atoms with van der Waals surface area (Å²) in [5.74, 6) is 0.0415. The van der Waals surface area contributed by atoms with Crippen molar-refractivity contribution in [3.8, 4) is 0 Å². The van der Waals surface area contributed by atoms with Gasteiger partial charge in [-0.2, -0.15) is 0 Å². The number of ketones is 1. The molecular weight excluding hydrogens is 340 g/mol. The quantitative estimate of drug-likeness (QED) is 0.417. The zero-order chi connectivity index (χ0) is 17.9. The molecule has 4 aromatic rings. The largest absolute Gasteiger partial charge is 0.372 e. The standard InChI is InChI=1S/C23H18O2S/c1-25-23(16-9-3-2-4-10-16)19-13-7-6-12-18(19)22(24)21-15-17-11-5-8-14-20(17)26-21/h2-15,23H,1H3. The first kappa shape index (κ1) is 16.7. The topological polar surface area (TPSA) is 26.3 Å². The lowest BCUT2D eigenvalue weighted by atomic mass is 9.94. The number of carbonyl (C=O) groups is 1. The predicted molar refractivity (Wildman–Crippen MR) is 107 cm³/mol. The third-order valence-corrected chi connectivity index (χ3v) is 5.59. The van der Waals surface area contributed by atoms with Crippen LogP contribution in [0.15, 0.2) is 84.9 Å². The molecule has 3 heteroatoms. The van der Waals surface area contributed by atoms with Gasteiger partial charge >= 0.3 is 0 Å². The first-order valence-electron chi connectivity index (χ1n) is 8.48. The maximum Gasteiger partial charge on any atom is 0.203 e. The highest BCUT2D eigenvalue weighted by molar-refractivity contribution is 7.21. The fraction of sp³-hybridized carbons (Fsp3) is 0.0870. The number of carbonyl (C=O) groups excluding carboxylic acids is 1. The first-order valence-corrected chi connectivity index (χ1v) is 9.29. The second-order valence-corrected chi connectivity index (χ2v) is 7.18. The summed E-state index contributed by atoms with van der Waals surface area (Å²) >= 11 is 1.53. The zero-order valence-electron chi connectivity index (χ0n) is 14.4. The Morgan fingerprint density at radius 1 is 0.885 bits per heavy atom. The van der Waals surface area contributed by atoms with Crippen LogP contribution in [0.4, 0.5) is 0 Å². The Balaban J connectivity index is 1.78. The van der Waals surface area contributed by atoms with E-state index < -0.39 is 0 Å². The van der Waals surface area contributed by atoms with Gasteiger partial charge in [0.15, 0.2) is 0 Å². The van der Waals surface area contributed by atoms with E-state index in [1.165, 1.54) is 11.3 Å². The molecule has 0 bridgehead atoms. The molecule has 0 N–H and O–H groups in total. The summed E-state index contributed by atoms with van der Waals surface area (Å²) in [6, 6.07) is 27.8. The molecule has 0 radical (unpaired) electrons. The molecule has 26 heavy (non-hydrogen) atoms. The van der Waals surface area contributed by atoms with Crippen molar-refractivity contribution >= 4 is 27.2 Å². The average Bonchev–Trinajstić information content (AvgIpc) is 3.13. The summed E-state index contributed by atoms with van der Waals surface area (Å²) < 4.78 is 6.88. The number of methoxy groups -OCH3 is 1. The third-order valence-electron chi connectivity index (χ3n) is 4.48. The molecule has 0 spiro atoms. The van der Waals surface area contributed by atoms with E-state index in [9.17, 15) is 4.79 Å². The summed E-state index contributed by atoms with van der Waals surface area (Å²) in [6.07, 6.45) is -0.272. The number of thiophene rings is 1. The molecule has 0 saturated heterocycles. The monoisotopic (exact) mass is 358 g/mol. The summed E-state index contributed by atoms with van der Waals surface area (Å²) in [6.45, 7) is 0. The van der Waals surface area contributed by atoms with Gasteiger partial charge in [-0.1, -0.05) is 72.8 Å². The third kappa shape index (κ3) is 3.07. The Bertz CT molecular complexity index is 1020. The Labute approximate surface area is 156 Å². The van der Waals surface area contributed by atoms with E-state index in [1.54, 1.807) is 7.11 Å². The smallest absolute Gasteiger partial charge is 0.203 e. The van der Waals surface area contributed by atoms with Crippen LogP contribution in [-0.2, 0) is 4.74 Å². The molecule has 1 aromatic heterocycles. The molecule has 1 atom stereocenters. The SMILES string of the molecule is COC(c1ccccc1)c1ccccc1C(=O)c1cc2ccccc2s1. The fourth-order valence-electron chi connectivity index (χ4n) is 3.23. The van der Waals surface area contributed by atoms with Gasteiger partial charge in [0.05, 0.1) is 4.88 Å². The van der Waals surface area contributed by atoms with Crippen molar-refractivity contribution in [2.24, 2.45) is 0 Å². The average molecular weight is 358 g/mol. The highest BCUT2D eigenvalue weighted by Gasteiger charge is 2.22. The highest BCUT2D eigenvalue weighted by Crippen LogP contribution is 2.32. The molecule has 0 saturated carbocycles. The minimum Gasteiger partial charge on any atom is -0.372 e. The van der Waals surface area contributed by atoms with Crippen LogP contribution in [0.2, 0.25) is 0 Å². The minimum absolute atomic E-state index is 0.0415. The molecule has 4 rings (SSSR count). The van der Waals surface area contributed by atoms with Gasteiger partial charge in [-0.15, -0.1) is 11.3 Å². The first-order chi connectivity index (χ1) is 12.8. The van der Waals surface area contributed by atoms with Gasteiger partial charge in [0.2, 0.25) is 5.78 Å². The van der Waals surface area contributed by atoms with Crippen LogP contribution in [0.3, 0.4) is 0 Å². The summed E-state index contributed by atoms with van der Waals surface area (Å²) in [4.78, 5) is 14.0. The van der Waals surface area contributed by atoms with Crippen molar-refractivity contribution in [2.75, 3.05) is 7.11 Å². The fourth-order valence-corrected chi connectivity index (χ4v) is 4.25. The molecule has 0 aliphatic rings. The van der Waals surface area contributed by atoms with E-state index in [0.717, 1.165) is 26.1 Å². The Morgan fingerprint density at radius 2 is 1.58 bits per heavy atom. The summed E-state index contributed by atoms with van der Waals surface area (Å²) in [5.41, 5.74) is 2.62. The van der Waals surface area contributed by atoms with Crippen LogP contribution in [0, 0.1) is 0 Å². The van der Waals surface area contributed by atoms with E-state index in [-0.39, 0.29) is 11.9 Å². The van der Waals surface area contributed by atoms with Gasteiger partial charge in [-0.3, -0.25) is 4.79 Å². The van der Waals surface area contributed by atoms with E-state index in [2.05, 4.69) is 0 Å². The normalized spacial score (nSPS) is 12.2. The lowest BCUT2D eigenvalue weighted by Crippen LogP contribution is -2.10. The predicted octanol–water partition coefficient (Wildman–Crippen LogP) is 5.87. The Morgan fingerprint density at radius 3 is 2.35 bits per heavy atom. The van der Waals surface area contributed by atoms with Crippen molar-refractivity contribution in [3.63, 3.8) is 0 Å². The van der Waals surface area contributed by atoms with Crippen LogP contribution in [0.1, 0.15) is 32.5 Å². The summed E-state index contributed by atoms with van der Waals surface area (Å²) in [7, 11) is 1.68. The van der Waals surface area contributed by atoms with Crippen LogP contribution in [0.25, 0.3) is 10.1 Å². The molecule has 0 amide bonds. The van der Waals surface area contributed by atoms with Crippen molar-refractivity contribution in [3.05, 3.63) is 106 Å². The maximum absolute atomic E-state index is 13.2. The van der Waals surface area contributed by atoms with Gasteiger partial charge in [0.25, 0.3) is 0 Å². The van der Waals surface area contributed by atoms with Crippen molar-refractivity contribution in [2.45, 2.75) is 6.10 Å². The number of hydrogen-bond donors (Lipinski definition) is 0. The van der Waals surface area contributed by atoms with Crippen LogP contribution < -0.4 is 0 Å². The molecule has 0 aliphatic heterocycles. The van der Waals surface area contributed by atoms with E-state index in [0.29, 0.717) is 5.56 Å². The van der Waals surface area contributed by atoms with E-state index in [4.69, 9.17) is 4.74 Å². The van der Waals surface area contributed by atoms with Crippen molar-refractivity contribution < 1.29 is 9.53 Å². The van der Waals surface area contributed by atoms with Gasteiger partial charge < -0.3 is 4.74 Å². The Hall–Kier alpha value is -2.75. The van der Waals surface area contributed by atoms with Gasteiger partial charge in [-0.25, -0.2) is 0 Å². The molecular formula is C23H18O2S. The number of ether oxygens (including phenoxy) is 1. The molecule has 0 fully saturated rings. The number of benzene rings is 3. The van der Waals surface area contributed by atoms with Gasteiger partial charge in [-0.05, 0) is 28.6 Å². The number of rotatable bonds is 5. The molecule has 3 aromatic carbocycles. The van der Waals surface area contributed by atoms with Crippen LogP contribution in [0.5, 0.6) is 0 Å². The lowest BCUT2D eigenvalue weighted by molar-refractivity contribution is 0.102. The number of hydrogen-bond acceptors (Lipinski definition) is 3. The Kier molecular flexibility index (Phi) is 4.65. The maximum atomic E-state index is 13.2. The highest BCUT2D eigenvalue weighted by atomic mass is 32.1.